The van der Waals surface area contributed by atoms with Crippen molar-refractivity contribution in [3.63, 3.8) is 0 Å². The van der Waals surface area contributed by atoms with E-state index in [0.717, 1.165) is 0 Å². The Labute approximate surface area is 141 Å². The van der Waals surface area contributed by atoms with Crippen LogP contribution in [0.5, 0.6) is 0 Å². The molecule has 0 aromatic heterocycles. The van der Waals surface area contributed by atoms with Gasteiger partial charge in [0.05, 0.1) is 26.2 Å². The van der Waals surface area contributed by atoms with Gasteiger partial charge in [-0.05, 0) is 32.2 Å². The van der Waals surface area contributed by atoms with Crippen molar-refractivity contribution >= 4 is 10.1 Å². The molecule has 0 fully saturated rings. The van der Waals surface area contributed by atoms with E-state index in [0.29, 0.717) is 0 Å². The molecule has 0 aromatic rings. The highest BCUT2D eigenvalue weighted by Gasteiger charge is 2.70. The van der Waals surface area contributed by atoms with Crippen LogP contribution in [0.2, 0.25) is 0 Å². The maximum atomic E-state index is 12.3. The molecule has 0 aliphatic rings. The van der Waals surface area contributed by atoms with Gasteiger partial charge < -0.3 is 4.48 Å². The molecular weight excluding hydrogens is 390 g/mol. The zero-order valence-corrected chi connectivity index (χ0v) is 15.0. The molecule has 13 heteroatoms. The van der Waals surface area contributed by atoms with E-state index >= 15 is 0 Å². The van der Waals surface area contributed by atoms with Crippen LogP contribution in [0.1, 0.15) is 34.1 Å². The summed E-state index contributed by atoms with van der Waals surface area (Å²) < 4.78 is 117. The van der Waals surface area contributed by atoms with Crippen molar-refractivity contribution in [1.29, 1.82) is 0 Å². The van der Waals surface area contributed by atoms with Crippen LogP contribution in [0.4, 0.5) is 35.3 Å². The first-order valence-corrected chi connectivity index (χ1v) is 8.64. The van der Waals surface area contributed by atoms with Crippen molar-refractivity contribution in [2.75, 3.05) is 26.2 Å². The maximum Gasteiger partial charge on any atom is 0.434 e. The smallest absolute Gasteiger partial charge is 0.325 e. The van der Waals surface area contributed by atoms with Crippen LogP contribution in [-0.2, 0) is 14.5 Å². The molecule has 25 heavy (non-hydrogen) atoms. The first kappa shape index (κ1) is 26.5. The summed E-state index contributed by atoms with van der Waals surface area (Å²) in [5.74, 6) is -6.05. The topological polar surface area (TPSA) is 43.4 Å². The molecule has 0 amide bonds. The summed E-state index contributed by atoms with van der Waals surface area (Å²) in [6.07, 6.45) is -9.20. The van der Waals surface area contributed by atoms with Crippen LogP contribution in [0, 0.1) is 0 Å². The molecule has 4 nitrogen and oxygen atoms in total. The van der Waals surface area contributed by atoms with Gasteiger partial charge in [-0.25, -0.2) is 0 Å². The quantitative estimate of drug-likeness (QED) is 0.442. The second-order valence-electron chi connectivity index (χ2n) is 5.14. The number of nitrogens with zero attached hydrogens (tertiary/aromatic N) is 1. The molecule has 0 unspecified atom stereocenters. The lowest BCUT2D eigenvalue weighted by Gasteiger charge is -2.34. The highest BCUT2D eigenvalue weighted by atomic mass is 32.2. The lowest BCUT2D eigenvalue weighted by molar-refractivity contribution is -0.921. The molecule has 0 spiro atoms. The van der Waals surface area contributed by atoms with Crippen LogP contribution >= 0.6 is 0 Å². The molecule has 0 aliphatic heterocycles. The van der Waals surface area contributed by atoms with E-state index in [9.17, 15) is 43.7 Å². The third-order valence-electron chi connectivity index (χ3n) is 3.93. The monoisotopic (exact) mass is 412 g/mol. The Balaban J connectivity index is 0. The summed E-state index contributed by atoms with van der Waals surface area (Å²) in [5, 5.41) is -6.33. The Morgan fingerprint density at radius 1 is 0.800 bits per heavy atom. The second-order valence-corrected chi connectivity index (χ2v) is 6.68. The molecular formula is C12H22F8NO3S+. The fraction of sp³-hybridized carbons (Fsp3) is 1.00. The predicted octanol–water partition coefficient (Wildman–Crippen LogP) is 4.28. The zero-order valence-electron chi connectivity index (χ0n) is 14.1. The van der Waals surface area contributed by atoms with Gasteiger partial charge in [0.15, 0.2) is 0 Å². The first-order valence-electron chi connectivity index (χ1n) is 7.23. The zero-order chi connectivity index (χ0) is 20.7. The van der Waals surface area contributed by atoms with Gasteiger partial charge in [0.1, 0.15) is 6.42 Å². The average molecular weight is 412 g/mol. The molecule has 0 aliphatic carbocycles. The SMILES string of the molecule is CC[N+](CC)(CC)CC.O=S(=O)(OF)C(F)(F)C(F)(F)CC(F)(F)F. The Kier molecular flexibility index (Phi) is 9.88. The summed E-state index contributed by atoms with van der Waals surface area (Å²) in [5.41, 5.74) is 0. The van der Waals surface area contributed by atoms with Crippen LogP contribution in [0.15, 0.2) is 0 Å². The van der Waals surface area contributed by atoms with E-state index in [1.807, 2.05) is 0 Å². The minimum Gasteiger partial charge on any atom is -0.325 e. The van der Waals surface area contributed by atoms with E-state index in [4.69, 9.17) is 0 Å². The van der Waals surface area contributed by atoms with E-state index in [1.54, 1.807) is 4.39 Å². The molecule has 0 heterocycles. The minimum atomic E-state index is -6.78. The molecule has 0 aromatic carbocycles. The van der Waals surface area contributed by atoms with Gasteiger partial charge in [0.25, 0.3) is 0 Å². The van der Waals surface area contributed by atoms with Crippen molar-refractivity contribution in [3.8, 4) is 0 Å². The van der Waals surface area contributed by atoms with Crippen molar-refractivity contribution in [2.24, 2.45) is 0 Å². The van der Waals surface area contributed by atoms with Crippen molar-refractivity contribution in [1.82, 2.24) is 0 Å². The maximum absolute atomic E-state index is 12.3. The number of rotatable bonds is 8. The molecule has 0 radical (unpaired) electrons. The predicted molar refractivity (Wildman–Crippen MR) is 74.1 cm³/mol. The van der Waals surface area contributed by atoms with Gasteiger partial charge in [0.2, 0.25) is 0 Å². The van der Waals surface area contributed by atoms with Gasteiger partial charge in [-0.15, -0.1) is 0 Å². The van der Waals surface area contributed by atoms with Crippen molar-refractivity contribution < 1.29 is 52.5 Å². The van der Waals surface area contributed by atoms with Crippen LogP contribution in [0.3, 0.4) is 0 Å². The molecule has 154 valence electrons. The number of hydrogen-bond acceptors (Lipinski definition) is 3. The highest BCUT2D eigenvalue weighted by Crippen LogP contribution is 2.45. The third-order valence-corrected chi connectivity index (χ3v) is 5.02. The summed E-state index contributed by atoms with van der Waals surface area (Å²) in [6, 6.07) is 0. The van der Waals surface area contributed by atoms with Gasteiger partial charge in [0, 0.05) is 0 Å². The van der Waals surface area contributed by atoms with Crippen LogP contribution in [0.25, 0.3) is 0 Å². The molecule has 0 saturated carbocycles. The minimum absolute atomic E-state index is 1.28. The lowest BCUT2D eigenvalue weighted by Crippen LogP contribution is -2.49. The van der Waals surface area contributed by atoms with Crippen molar-refractivity contribution in [2.45, 2.75) is 51.5 Å². The third kappa shape index (κ3) is 7.21. The average Bonchev–Trinajstić information content (AvgIpc) is 2.48. The molecule has 0 atom stereocenters. The molecule has 0 rings (SSSR count). The van der Waals surface area contributed by atoms with E-state index in [1.165, 1.54) is 30.7 Å². The highest BCUT2D eigenvalue weighted by molar-refractivity contribution is 7.87. The molecule has 0 bridgehead atoms. The number of halogens is 8. The molecule has 0 saturated heterocycles. The number of alkyl halides is 7. The standard InChI is InChI=1S/C8H20N.C4H2F8O3S/c1-5-9(6-2,7-3)8-4;5-2(6,1-3(7,8)9)4(10,11)16(13,14)15-12/h5-8H2,1-4H3;1H2/q+1;. The fourth-order valence-corrected chi connectivity index (χ4v) is 2.44. The van der Waals surface area contributed by atoms with Gasteiger partial charge in [-0.2, -0.15) is 39.2 Å². The van der Waals surface area contributed by atoms with Gasteiger partial charge in [-0.3, -0.25) is 0 Å². The summed E-state index contributed by atoms with van der Waals surface area (Å²) in [6.45, 7) is 14.2. The number of hydrogen-bond donors (Lipinski definition) is 0. The largest absolute Gasteiger partial charge is 0.434 e. The van der Waals surface area contributed by atoms with Crippen LogP contribution < -0.4 is 0 Å². The summed E-state index contributed by atoms with van der Waals surface area (Å²) in [4.78, 5) is 0. The Morgan fingerprint density at radius 3 is 1.28 bits per heavy atom. The van der Waals surface area contributed by atoms with E-state index in [2.05, 4.69) is 27.7 Å². The van der Waals surface area contributed by atoms with Gasteiger partial charge >= 0.3 is 27.5 Å². The normalized spacial score (nSPS) is 14.1. The first-order chi connectivity index (χ1) is 11.0. The Morgan fingerprint density at radius 2 is 1.12 bits per heavy atom. The second kappa shape index (κ2) is 9.31. The van der Waals surface area contributed by atoms with E-state index < -0.39 is 33.9 Å². The molecule has 0 N–H and O–H groups in total. The Bertz CT molecular complexity index is 472. The Hall–Kier alpha value is -0.690. The van der Waals surface area contributed by atoms with Gasteiger partial charge in [-0.1, -0.05) is 4.39 Å². The summed E-state index contributed by atoms with van der Waals surface area (Å²) in [7, 11) is -6.78. The lowest BCUT2D eigenvalue weighted by atomic mass is 10.2. The fourth-order valence-electron chi connectivity index (χ4n) is 1.92. The number of quaternary nitrogens is 1. The van der Waals surface area contributed by atoms with E-state index in [-0.39, 0.29) is 0 Å². The van der Waals surface area contributed by atoms with Crippen molar-refractivity contribution in [3.05, 3.63) is 0 Å². The van der Waals surface area contributed by atoms with Crippen LogP contribution in [-0.4, -0.2) is 56.4 Å². The summed E-state index contributed by atoms with van der Waals surface area (Å²) >= 11 is 0.